The van der Waals surface area contributed by atoms with E-state index >= 15 is 0 Å². The van der Waals surface area contributed by atoms with Crippen LogP contribution in [0, 0.1) is 0 Å². The van der Waals surface area contributed by atoms with Gasteiger partial charge in [-0.1, -0.05) is 11.6 Å². The molecule has 84 valence electrons. The number of rotatable bonds is 2. The number of ether oxygens (including phenoxy) is 1. The average Bonchev–Trinajstić information content (AvgIpc) is 2.10. The third-order valence-electron chi connectivity index (χ3n) is 1.51. The molecule has 0 aromatic carbocycles. The van der Waals surface area contributed by atoms with Gasteiger partial charge in [0.05, 0.1) is 16.9 Å². The summed E-state index contributed by atoms with van der Waals surface area (Å²) in [5.41, 5.74) is 10.5. The number of halogens is 4. The second-order valence-corrected chi connectivity index (χ2v) is 2.94. The lowest BCUT2D eigenvalue weighted by molar-refractivity contribution is -0.276. The van der Waals surface area contributed by atoms with E-state index in [0.29, 0.717) is 0 Å². The molecule has 0 unspecified atom stereocenters. The zero-order valence-electron chi connectivity index (χ0n) is 7.31. The molecule has 0 atom stereocenters. The van der Waals surface area contributed by atoms with Crippen molar-refractivity contribution in [3.05, 3.63) is 16.8 Å². The molecule has 0 saturated heterocycles. The second-order valence-electron chi connectivity index (χ2n) is 2.56. The summed E-state index contributed by atoms with van der Waals surface area (Å²) in [6.07, 6.45) is -3.86. The van der Waals surface area contributed by atoms with Crippen LogP contribution in [0.1, 0.15) is 5.56 Å². The van der Waals surface area contributed by atoms with Crippen LogP contribution < -0.4 is 16.2 Å². The molecule has 0 fully saturated rings. The SMILES string of the molecule is NCc1c(OC(F)(F)F)ncc(N)c1Cl. The van der Waals surface area contributed by atoms with Gasteiger partial charge in [-0.15, -0.1) is 13.2 Å². The number of hydrogen-bond donors (Lipinski definition) is 2. The van der Waals surface area contributed by atoms with Crippen molar-refractivity contribution in [1.82, 2.24) is 4.98 Å². The van der Waals surface area contributed by atoms with Crippen molar-refractivity contribution in [3.8, 4) is 5.88 Å². The molecule has 1 heterocycles. The van der Waals surface area contributed by atoms with Crippen molar-refractivity contribution >= 4 is 17.3 Å². The van der Waals surface area contributed by atoms with Crippen molar-refractivity contribution < 1.29 is 17.9 Å². The van der Waals surface area contributed by atoms with Crippen LogP contribution in [0.2, 0.25) is 5.02 Å². The zero-order chi connectivity index (χ0) is 11.6. The van der Waals surface area contributed by atoms with Crippen LogP contribution in [0.5, 0.6) is 5.88 Å². The number of anilines is 1. The topological polar surface area (TPSA) is 74.2 Å². The lowest BCUT2D eigenvalue weighted by Gasteiger charge is -2.12. The number of hydrogen-bond acceptors (Lipinski definition) is 4. The summed E-state index contributed by atoms with van der Waals surface area (Å²) in [6, 6.07) is 0. The molecule has 0 saturated carbocycles. The predicted molar refractivity (Wildman–Crippen MR) is 48.2 cm³/mol. The standard InChI is InChI=1S/C7H7ClF3N3O/c8-5-3(1-12)6(14-2-4(5)13)15-7(9,10)11/h2H,1,12-13H2. The van der Waals surface area contributed by atoms with Gasteiger partial charge in [-0.2, -0.15) is 0 Å². The van der Waals surface area contributed by atoms with Crippen LogP contribution in [0.4, 0.5) is 18.9 Å². The first-order chi connectivity index (χ1) is 6.85. The van der Waals surface area contributed by atoms with Crippen molar-refractivity contribution in [2.75, 3.05) is 5.73 Å². The smallest absolute Gasteiger partial charge is 0.396 e. The molecule has 0 aliphatic rings. The maximum atomic E-state index is 11.9. The molecule has 1 aromatic heterocycles. The molecule has 0 amide bonds. The highest BCUT2D eigenvalue weighted by Crippen LogP contribution is 2.31. The van der Waals surface area contributed by atoms with Crippen molar-refractivity contribution in [2.45, 2.75) is 12.9 Å². The van der Waals surface area contributed by atoms with Crippen LogP contribution >= 0.6 is 11.6 Å². The first kappa shape index (κ1) is 11.9. The largest absolute Gasteiger partial charge is 0.574 e. The average molecular weight is 242 g/mol. The zero-order valence-corrected chi connectivity index (χ0v) is 8.06. The molecule has 15 heavy (non-hydrogen) atoms. The van der Waals surface area contributed by atoms with Gasteiger partial charge in [0.15, 0.2) is 0 Å². The van der Waals surface area contributed by atoms with Crippen LogP contribution in [-0.4, -0.2) is 11.3 Å². The minimum absolute atomic E-state index is 0.0478. The predicted octanol–water partition coefficient (Wildman–Crippen LogP) is 1.67. The molecular weight excluding hydrogens is 235 g/mol. The van der Waals surface area contributed by atoms with Gasteiger partial charge in [0.1, 0.15) is 0 Å². The number of alkyl halides is 3. The quantitative estimate of drug-likeness (QED) is 0.826. The van der Waals surface area contributed by atoms with Crippen molar-refractivity contribution in [2.24, 2.45) is 5.73 Å². The molecule has 0 radical (unpaired) electrons. The fourth-order valence-corrected chi connectivity index (χ4v) is 1.11. The lowest BCUT2D eigenvalue weighted by atomic mass is 10.2. The van der Waals surface area contributed by atoms with E-state index in [-0.39, 0.29) is 22.8 Å². The van der Waals surface area contributed by atoms with Gasteiger partial charge in [-0.25, -0.2) is 4.98 Å². The molecule has 0 bridgehead atoms. The molecule has 8 heteroatoms. The number of nitrogen functional groups attached to an aromatic ring is 1. The first-order valence-corrected chi connectivity index (χ1v) is 4.11. The highest BCUT2D eigenvalue weighted by atomic mass is 35.5. The molecule has 1 aromatic rings. The minimum atomic E-state index is -4.84. The fourth-order valence-electron chi connectivity index (χ4n) is 0.905. The van der Waals surface area contributed by atoms with E-state index in [0.717, 1.165) is 6.20 Å². The van der Waals surface area contributed by atoms with Gasteiger partial charge in [0.25, 0.3) is 0 Å². The number of aromatic nitrogens is 1. The van der Waals surface area contributed by atoms with Gasteiger partial charge < -0.3 is 16.2 Å². The molecule has 0 aliphatic carbocycles. The summed E-state index contributed by atoms with van der Waals surface area (Å²) >= 11 is 5.64. The van der Waals surface area contributed by atoms with E-state index in [9.17, 15) is 13.2 Å². The fraction of sp³-hybridized carbons (Fsp3) is 0.286. The number of nitrogens with zero attached hydrogens (tertiary/aromatic N) is 1. The van der Waals surface area contributed by atoms with Gasteiger partial charge in [0, 0.05) is 12.1 Å². The first-order valence-electron chi connectivity index (χ1n) is 3.74. The van der Waals surface area contributed by atoms with Crippen molar-refractivity contribution in [3.63, 3.8) is 0 Å². The Hall–Kier alpha value is -1.21. The maximum Gasteiger partial charge on any atom is 0.574 e. The van der Waals surface area contributed by atoms with Crippen LogP contribution in [-0.2, 0) is 6.54 Å². The third kappa shape index (κ3) is 2.87. The summed E-state index contributed by atoms with van der Waals surface area (Å²) in [5.74, 6) is -0.677. The number of nitrogens with two attached hydrogens (primary N) is 2. The molecule has 0 aliphatic heterocycles. The molecule has 1 rings (SSSR count). The van der Waals surface area contributed by atoms with E-state index < -0.39 is 12.2 Å². The maximum absolute atomic E-state index is 11.9. The van der Waals surface area contributed by atoms with Gasteiger partial charge in [-0.3, -0.25) is 0 Å². The Morgan fingerprint density at radius 2 is 2.07 bits per heavy atom. The van der Waals surface area contributed by atoms with E-state index in [2.05, 4.69) is 9.72 Å². The Balaban J connectivity index is 3.14. The van der Waals surface area contributed by atoms with Gasteiger partial charge in [0.2, 0.25) is 5.88 Å². The van der Waals surface area contributed by atoms with Crippen LogP contribution in [0.15, 0.2) is 6.20 Å². The van der Waals surface area contributed by atoms with Crippen molar-refractivity contribution in [1.29, 1.82) is 0 Å². The van der Waals surface area contributed by atoms with Gasteiger partial charge >= 0.3 is 6.36 Å². The Morgan fingerprint density at radius 3 is 2.53 bits per heavy atom. The van der Waals surface area contributed by atoms with E-state index in [4.69, 9.17) is 23.1 Å². The summed E-state index contributed by atoms with van der Waals surface area (Å²) in [5, 5.41) is -0.0771. The van der Waals surface area contributed by atoms with E-state index in [1.54, 1.807) is 0 Å². The summed E-state index contributed by atoms with van der Waals surface area (Å²) in [6.45, 7) is -0.248. The molecule has 4 N–H and O–H groups in total. The monoisotopic (exact) mass is 241 g/mol. The van der Waals surface area contributed by atoms with Crippen LogP contribution in [0.25, 0.3) is 0 Å². The van der Waals surface area contributed by atoms with E-state index in [1.165, 1.54) is 0 Å². The summed E-state index contributed by atoms with van der Waals surface area (Å²) in [4.78, 5) is 3.36. The Morgan fingerprint density at radius 1 is 1.47 bits per heavy atom. The normalized spacial score (nSPS) is 11.5. The Bertz CT molecular complexity index is 369. The third-order valence-corrected chi connectivity index (χ3v) is 1.96. The van der Waals surface area contributed by atoms with Gasteiger partial charge in [-0.05, 0) is 0 Å². The highest BCUT2D eigenvalue weighted by molar-refractivity contribution is 6.33. The summed E-state index contributed by atoms with van der Waals surface area (Å²) in [7, 11) is 0. The minimum Gasteiger partial charge on any atom is -0.396 e. The molecular formula is C7H7ClF3N3O. The Kier molecular flexibility index (Phi) is 3.25. The molecule has 4 nitrogen and oxygen atoms in total. The highest BCUT2D eigenvalue weighted by Gasteiger charge is 2.33. The molecule has 0 spiro atoms. The summed E-state index contributed by atoms with van der Waals surface area (Å²) < 4.78 is 39.4. The Labute approximate surface area is 88.0 Å². The second kappa shape index (κ2) is 4.11. The lowest BCUT2D eigenvalue weighted by Crippen LogP contribution is -2.20. The van der Waals surface area contributed by atoms with E-state index in [1.807, 2.05) is 0 Å². The van der Waals surface area contributed by atoms with Crippen LogP contribution in [0.3, 0.4) is 0 Å². The number of pyridine rings is 1.